The molecule has 1 aromatic heterocycles. The van der Waals surface area contributed by atoms with E-state index in [-0.39, 0.29) is 17.2 Å². The Bertz CT molecular complexity index is 1260. The monoisotopic (exact) mass is 498 g/mol. The molecule has 0 aliphatic carbocycles. The van der Waals surface area contributed by atoms with Gasteiger partial charge in [-0.1, -0.05) is 12.1 Å². The van der Waals surface area contributed by atoms with Crippen molar-refractivity contribution in [2.75, 3.05) is 62.7 Å². The third-order valence-corrected chi connectivity index (χ3v) is 8.49. The number of benzene rings is 2. The van der Waals surface area contributed by atoms with E-state index < -0.39 is 0 Å². The topological polar surface area (TPSA) is 75.8 Å². The Labute approximate surface area is 217 Å². The van der Waals surface area contributed by atoms with Crippen LogP contribution < -0.4 is 9.80 Å². The SMILES string of the molecule is CN1CCN(c2ccc(C(=O)N3CCC4(CC3)CCN(c3cccc(-c5cn[nH]c5)c3)C4=O)cc2)CC1. The Morgan fingerprint density at radius 2 is 1.59 bits per heavy atom. The molecule has 3 aliphatic rings. The van der Waals surface area contributed by atoms with Crippen LogP contribution in [0, 0.1) is 5.41 Å². The van der Waals surface area contributed by atoms with Crippen LogP contribution >= 0.6 is 0 Å². The highest BCUT2D eigenvalue weighted by molar-refractivity contribution is 6.01. The normalized spacial score (nSPS) is 20.1. The molecule has 192 valence electrons. The summed E-state index contributed by atoms with van der Waals surface area (Å²) < 4.78 is 0. The van der Waals surface area contributed by atoms with E-state index in [2.05, 4.69) is 45.2 Å². The molecule has 8 heteroatoms. The Morgan fingerprint density at radius 1 is 0.865 bits per heavy atom. The summed E-state index contributed by atoms with van der Waals surface area (Å²) >= 11 is 0. The summed E-state index contributed by atoms with van der Waals surface area (Å²) in [5, 5.41) is 6.89. The van der Waals surface area contributed by atoms with Gasteiger partial charge in [-0.25, -0.2) is 0 Å². The molecule has 1 spiro atoms. The third kappa shape index (κ3) is 4.50. The van der Waals surface area contributed by atoms with Gasteiger partial charge in [0.2, 0.25) is 5.91 Å². The fraction of sp³-hybridized carbons (Fsp3) is 0.414. The van der Waals surface area contributed by atoms with Crippen molar-refractivity contribution in [1.29, 1.82) is 0 Å². The highest BCUT2D eigenvalue weighted by Gasteiger charge is 2.49. The number of aromatic amines is 1. The number of nitrogens with zero attached hydrogens (tertiary/aromatic N) is 5. The van der Waals surface area contributed by atoms with E-state index >= 15 is 0 Å². The quantitative estimate of drug-likeness (QED) is 0.596. The van der Waals surface area contributed by atoms with Crippen molar-refractivity contribution in [3.8, 4) is 11.1 Å². The molecular formula is C29H34N6O2. The number of rotatable bonds is 4. The van der Waals surface area contributed by atoms with Crippen LogP contribution in [0.2, 0.25) is 0 Å². The molecular weight excluding hydrogens is 464 g/mol. The summed E-state index contributed by atoms with van der Waals surface area (Å²) in [6, 6.07) is 16.1. The lowest BCUT2D eigenvalue weighted by molar-refractivity contribution is -0.127. The Hall–Kier alpha value is -3.65. The Morgan fingerprint density at radius 3 is 2.30 bits per heavy atom. The van der Waals surface area contributed by atoms with Gasteiger partial charge in [0.25, 0.3) is 5.91 Å². The number of hydrogen-bond acceptors (Lipinski definition) is 5. The van der Waals surface area contributed by atoms with Crippen LogP contribution in [-0.2, 0) is 4.79 Å². The van der Waals surface area contributed by atoms with Crippen molar-refractivity contribution in [3.63, 3.8) is 0 Å². The number of anilines is 2. The molecule has 0 saturated carbocycles. The van der Waals surface area contributed by atoms with Crippen molar-refractivity contribution in [1.82, 2.24) is 20.0 Å². The van der Waals surface area contributed by atoms with E-state index in [1.54, 1.807) is 6.20 Å². The lowest BCUT2D eigenvalue weighted by Crippen LogP contribution is -2.46. The van der Waals surface area contributed by atoms with E-state index in [9.17, 15) is 9.59 Å². The minimum absolute atomic E-state index is 0.0647. The van der Waals surface area contributed by atoms with Crippen LogP contribution in [0.25, 0.3) is 11.1 Å². The second-order valence-electron chi connectivity index (χ2n) is 10.7. The zero-order valence-electron chi connectivity index (χ0n) is 21.4. The molecule has 37 heavy (non-hydrogen) atoms. The number of carbonyl (C=O) groups excluding carboxylic acids is 2. The van der Waals surface area contributed by atoms with Crippen LogP contribution in [0.3, 0.4) is 0 Å². The van der Waals surface area contributed by atoms with Crippen LogP contribution in [0.5, 0.6) is 0 Å². The van der Waals surface area contributed by atoms with Crippen molar-refractivity contribution in [3.05, 3.63) is 66.5 Å². The fourth-order valence-electron chi connectivity index (χ4n) is 5.99. The Balaban J connectivity index is 1.09. The molecule has 3 aromatic rings. The zero-order chi connectivity index (χ0) is 25.4. The van der Waals surface area contributed by atoms with Crippen LogP contribution in [0.15, 0.2) is 60.9 Å². The molecule has 0 radical (unpaired) electrons. The van der Waals surface area contributed by atoms with Crippen molar-refractivity contribution in [2.24, 2.45) is 5.41 Å². The summed E-state index contributed by atoms with van der Waals surface area (Å²) in [5.41, 5.74) is 4.51. The molecule has 2 amide bonds. The van der Waals surface area contributed by atoms with E-state index in [4.69, 9.17) is 0 Å². The summed E-state index contributed by atoms with van der Waals surface area (Å²) in [7, 11) is 2.15. The van der Waals surface area contributed by atoms with Gasteiger partial charge in [0.1, 0.15) is 0 Å². The number of amides is 2. The number of aromatic nitrogens is 2. The smallest absolute Gasteiger partial charge is 0.253 e. The molecule has 3 fully saturated rings. The predicted molar refractivity (Wildman–Crippen MR) is 145 cm³/mol. The molecule has 6 rings (SSSR count). The van der Waals surface area contributed by atoms with Crippen molar-refractivity contribution in [2.45, 2.75) is 19.3 Å². The zero-order valence-corrected chi connectivity index (χ0v) is 21.4. The lowest BCUT2D eigenvalue weighted by Gasteiger charge is -2.38. The number of piperazine rings is 1. The van der Waals surface area contributed by atoms with Gasteiger partial charge in [0, 0.05) is 74.5 Å². The maximum absolute atomic E-state index is 13.6. The minimum atomic E-state index is -0.367. The van der Waals surface area contributed by atoms with Gasteiger partial charge < -0.3 is 19.6 Å². The maximum Gasteiger partial charge on any atom is 0.253 e. The predicted octanol–water partition coefficient (Wildman–Crippen LogP) is 3.49. The maximum atomic E-state index is 13.6. The van der Waals surface area contributed by atoms with Crippen LogP contribution in [0.4, 0.5) is 11.4 Å². The molecule has 3 saturated heterocycles. The van der Waals surface area contributed by atoms with Gasteiger partial charge in [0.05, 0.1) is 11.6 Å². The van der Waals surface area contributed by atoms with Crippen LogP contribution in [-0.4, -0.2) is 84.7 Å². The number of carbonyl (C=O) groups is 2. The number of likely N-dealkylation sites (N-methyl/N-ethyl adjacent to an activating group) is 1. The average Bonchev–Trinajstić information content (AvgIpc) is 3.59. The summed E-state index contributed by atoms with van der Waals surface area (Å²) in [5.74, 6) is 0.260. The molecule has 0 unspecified atom stereocenters. The molecule has 1 N–H and O–H groups in total. The second kappa shape index (κ2) is 9.67. The number of piperidine rings is 1. The van der Waals surface area contributed by atoms with Gasteiger partial charge >= 0.3 is 0 Å². The highest BCUT2D eigenvalue weighted by atomic mass is 16.2. The van der Waals surface area contributed by atoms with Gasteiger partial charge in [-0.3, -0.25) is 14.7 Å². The molecule has 8 nitrogen and oxygen atoms in total. The summed E-state index contributed by atoms with van der Waals surface area (Å²) in [6.45, 7) is 6.09. The third-order valence-electron chi connectivity index (χ3n) is 8.49. The fourth-order valence-corrected chi connectivity index (χ4v) is 5.99. The standard InChI is InChI=1S/C29H34N6O2/c1-32-15-17-33(18-16-32)25-7-5-22(6-8-25)27(36)34-12-9-29(10-13-34)11-14-35(28(29)37)26-4-2-3-23(19-26)24-20-30-31-21-24/h2-8,19-21H,9-18H2,1H3,(H,30,31). The first-order chi connectivity index (χ1) is 18.0. The number of nitrogens with one attached hydrogen (secondary N) is 1. The second-order valence-corrected chi connectivity index (χ2v) is 10.7. The summed E-state index contributed by atoms with van der Waals surface area (Å²) in [6.07, 6.45) is 5.92. The summed E-state index contributed by atoms with van der Waals surface area (Å²) in [4.78, 5) is 35.4. The van der Waals surface area contributed by atoms with E-state index in [0.29, 0.717) is 13.1 Å². The van der Waals surface area contributed by atoms with E-state index in [0.717, 1.165) is 74.4 Å². The molecule has 2 aromatic carbocycles. The van der Waals surface area contributed by atoms with Crippen LogP contribution in [0.1, 0.15) is 29.6 Å². The van der Waals surface area contributed by atoms with Crippen molar-refractivity contribution >= 4 is 23.2 Å². The van der Waals surface area contributed by atoms with E-state index in [1.165, 1.54) is 5.69 Å². The highest BCUT2D eigenvalue weighted by Crippen LogP contribution is 2.43. The first kappa shape index (κ1) is 23.7. The Kier molecular flexibility index (Phi) is 6.20. The molecule has 0 bridgehead atoms. The minimum Gasteiger partial charge on any atom is -0.369 e. The average molecular weight is 499 g/mol. The van der Waals surface area contributed by atoms with Crippen molar-refractivity contribution < 1.29 is 9.59 Å². The van der Waals surface area contributed by atoms with Gasteiger partial charge in [-0.2, -0.15) is 5.10 Å². The number of hydrogen-bond donors (Lipinski definition) is 1. The first-order valence-electron chi connectivity index (χ1n) is 13.3. The largest absolute Gasteiger partial charge is 0.369 e. The van der Waals surface area contributed by atoms with Gasteiger partial charge in [-0.15, -0.1) is 0 Å². The molecule has 4 heterocycles. The van der Waals surface area contributed by atoms with Gasteiger partial charge in [0.15, 0.2) is 0 Å². The first-order valence-corrected chi connectivity index (χ1v) is 13.3. The molecule has 3 aliphatic heterocycles. The van der Waals surface area contributed by atoms with Gasteiger partial charge in [-0.05, 0) is 68.3 Å². The number of likely N-dealkylation sites (tertiary alicyclic amines) is 1. The molecule has 0 atom stereocenters. The van der Waals surface area contributed by atoms with E-state index in [1.807, 2.05) is 46.3 Å². The number of H-pyrrole nitrogens is 1. The lowest BCUT2D eigenvalue weighted by atomic mass is 9.77.